The van der Waals surface area contributed by atoms with Gasteiger partial charge in [0.05, 0.1) is 5.75 Å². The van der Waals surface area contributed by atoms with Gasteiger partial charge in [0, 0.05) is 10.9 Å². The van der Waals surface area contributed by atoms with Crippen molar-refractivity contribution in [1.29, 1.82) is 0 Å². The van der Waals surface area contributed by atoms with Gasteiger partial charge in [-0.2, -0.15) is 0 Å². The number of imide groups is 1. The van der Waals surface area contributed by atoms with E-state index in [0.717, 1.165) is 36.7 Å². The van der Waals surface area contributed by atoms with Gasteiger partial charge in [-0.15, -0.1) is 11.8 Å². The quantitative estimate of drug-likeness (QED) is 0.833. The highest BCUT2D eigenvalue weighted by Crippen LogP contribution is 2.20. The topological polar surface area (TPSA) is 58.2 Å². The van der Waals surface area contributed by atoms with Gasteiger partial charge in [-0.05, 0) is 31.0 Å². The molecule has 2 N–H and O–H groups in total. The Morgan fingerprint density at radius 3 is 2.63 bits per heavy atom. The van der Waals surface area contributed by atoms with Crippen LogP contribution in [-0.2, 0) is 4.79 Å². The summed E-state index contributed by atoms with van der Waals surface area (Å²) >= 11 is 1.03. The molecule has 1 fully saturated rings. The van der Waals surface area contributed by atoms with Crippen molar-refractivity contribution in [3.63, 3.8) is 0 Å². The second-order valence-electron chi connectivity index (χ2n) is 4.16. The Bertz CT molecular complexity index is 507. The number of halogens is 2. The first-order chi connectivity index (χ1) is 9.04. The van der Waals surface area contributed by atoms with Crippen molar-refractivity contribution in [3.8, 4) is 0 Å². The average Bonchev–Trinajstić information content (AvgIpc) is 3.14. The van der Waals surface area contributed by atoms with Gasteiger partial charge < -0.3 is 5.32 Å². The van der Waals surface area contributed by atoms with E-state index in [0.29, 0.717) is 4.90 Å². The van der Waals surface area contributed by atoms with Crippen LogP contribution < -0.4 is 10.6 Å². The lowest BCUT2D eigenvalue weighted by Crippen LogP contribution is -2.41. The Hall–Kier alpha value is -1.63. The largest absolute Gasteiger partial charge is 0.335 e. The molecule has 7 heteroatoms. The van der Waals surface area contributed by atoms with Crippen LogP contribution in [0.5, 0.6) is 0 Å². The number of carbonyl (C=O) groups excluding carboxylic acids is 2. The molecule has 0 aliphatic heterocycles. The molecular weight excluding hydrogens is 274 g/mol. The Kier molecular flexibility index (Phi) is 4.36. The van der Waals surface area contributed by atoms with Gasteiger partial charge in [0.25, 0.3) is 0 Å². The van der Waals surface area contributed by atoms with Crippen LogP contribution in [0.25, 0.3) is 0 Å². The van der Waals surface area contributed by atoms with E-state index < -0.39 is 23.6 Å². The number of amides is 3. The summed E-state index contributed by atoms with van der Waals surface area (Å²) < 4.78 is 25.6. The van der Waals surface area contributed by atoms with Crippen LogP contribution in [0.2, 0.25) is 0 Å². The number of hydrogen-bond acceptors (Lipinski definition) is 3. The summed E-state index contributed by atoms with van der Waals surface area (Å²) in [6, 6.07) is 3.04. The van der Waals surface area contributed by atoms with Crippen LogP contribution in [0.4, 0.5) is 13.6 Å². The molecule has 1 aromatic rings. The van der Waals surface area contributed by atoms with Crippen LogP contribution >= 0.6 is 11.8 Å². The summed E-state index contributed by atoms with van der Waals surface area (Å²) in [4.78, 5) is 23.1. The lowest BCUT2D eigenvalue weighted by Gasteiger charge is -2.05. The first kappa shape index (κ1) is 13.8. The van der Waals surface area contributed by atoms with Gasteiger partial charge in [0.2, 0.25) is 5.91 Å². The highest BCUT2D eigenvalue weighted by molar-refractivity contribution is 8.00. The van der Waals surface area contributed by atoms with E-state index in [9.17, 15) is 18.4 Å². The second kappa shape index (κ2) is 6.01. The molecule has 19 heavy (non-hydrogen) atoms. The van der Waals surface area contributed by atoms with Crippen LogP contribution in [0.1, 0.15) is 12.8 Å². The minimum absolute atomic E-state index is 0.0385. The minimum Gasteiger partial charge on any atom is -0.335 e. The van der Waals surface area contributed by atoms with Crippen LogP contribution in [0.15, 0.2) is 23.1 Å². The Balaban J connectivity index is 1.75. The maximum Gasteiger partial charge on any atom is 0.321 e. The van der Waals surface area contributed by atoms with Gasteiger partial charge in [0.1, 0.15) is 0 Å². The Morgan fingerprint density at radius 1 is 1.26 bits per heavy atom. The zero-order valence-corrected chi connectivity index (χ0v) is 10.7. The van der Waals surface area contributed by atoms with Gasteiger partial charge >= 0.3 is 6.03 Å². The van der Waals surface area contributed by atoms with Crippen LogP contribution in [0, 0.1) is 11.6 Å². The van der Waals surface area contributed by atoms with Crippen LogP contribution in [0.3, 0.4) is 0 Å². The van der Waals surface area contributed by atoms with Crippen molar-refractivity contribution < 1.29 is 18.4 Å². The van der Waals surface area contributed by atoms with Gasteiger partial charge in [-0.1, -0.05) is 0 Å². The van der Waals surface area contributed by atoms with Gasteiger partial charge in [0.15, 0.2) is 11.6 Å². The summed E-state index contributed by atoms with van der Waals surface area (Å²) in [7, 11) is 0. The van der Waals surface area contributed by atoms with Gasteiger partial charge in [-0.3, -0.25) is 10.1 Å². The standard InChI is InChI=1S/C12H12F2N2O2S/c13-9-4-3-8(5-10(9)14)19-6-11(17)16-12(18)15-7-1-2-7/h3-5,7H,1-2,6H2,(H2,15,16,17,18). The van der Waals surface area contributed by atoms with Crippen molar-refractivity contribution in [2.75, 3.05) is 5.75 Å². The molecule has 2 rings (SSSR count). The number of benzene rings is 1. The third-order valence-corrected chi connectivity index (χ3v) is 3.42. The van der Waals surface area contributed by atoms with E-state index in [2.05, 4.69) is 10.6 Å². The van der Waals surface area contributed by atoms with Gasteiger partial charge in [-0.25, -0.2) is 13.6 Å². The normalized spacial score (nSPS) is 14.0. The van der Waals surface area contributed by atoms with E-state index in [1.165, 1.54) is 6.07 Å². The summed E-state index contributed by atoms with van der Waals surface area (Å²) in [5, 5.41) is 4.78. The molecule has 0 radical (unpaired) electrons. The Morgan fingerprint density at radius 2 is 2.00 bits per heavy atom. The van der Waals surface area contributed by atoms with E-state index >= 15 is 0 Å². The van der Waals surface area contributed by atoms with E-state index in [1.807, 2.05) is 0 Å². The van der Waals surface area contributed by atoms with Crippen molar-refractivity contribution in [2.45, 2.75) is 23.8 Å². The predicted molar refractivity (Wildman–Crippen MR) is 66.8 cm³/mol. The summed E-state index contributed by atoms with van der Waals surface area (Å²) in [5.41, 5.74) is 0. The summed E-state index contributed by atoms with van der Waals surface area (Å²) in [6.45, 7) is 0. The SMILES string of the molecule is O=C(CSc1ccc(F)c(F)c1)NC(=O)NC1CC1. The number of carbonyl (C=O) groups is 2. The van der Waals surface area contributed by atoms with Crippen molar-refractivity contribution in [3.05, 3.63) is 29.8 Å². The number of nitrogens with one attached hydrogen (secondary N) is 2. The molecule has 0 saturated heterocycles. The number of hydrogen-bond donors (Lipinski definition) is 2. The zero-order chi connectivity index (χ0) is 13.8. The highest BCUT2D eigenvalue weighted by Gasteiger charge is 2.23. The third-order valence-electron chi connectivity index (χ3n) is 2.43. The molecule has 0 heterocycles. The number of rotatable bonds is 4. The molecule has 4 nitrogen and oxygen atoms in total. The maximum atomic E-state index is 12.9. The first-order valence-electron chi connectivity index (χ1n) is 5.73. The van der Waals surface area contributed by atoms with E-state index in [-0.39, 0.29) is 11.8 Å². The predicted octanol–water partition coefficient (Wildman–Crippen LogP) is 2.05. The molecule has 1 saturated carbocycles. The minimum atomic E-state index is -0.961. The van der Waals surface area contributed by atoms with E-state index in [4.69, 9.17) is 0 Å². The van der Waals surface area contributed by atoms with Crippen molar-refractivity contribution >= 4 is 23.7 Å². The molecule has 0 atom stereocenters. The summed E-state index contributed by atoms with van der Waals surface area (Å²) in [5.74, 6) is -2.41. The zero-order valence-electron chi connectivity index (χ0n) is 9.91. The average molecular weight is 286 g/mol. The molecule has 3 amide bonds. The molecule has 0 unspecified atom stereocenters. The lowest BCUT2D eigenvalue weighted by atomic mass is 10.3. The third kappa shape index (κ3) is 4.51. The molecule has 1 aromatic carbocycles. The second-order valence-corrected chi connectivity index (χ2v) is 5.21. The Labute approximate surface area is 112 Å². The molecule has 1 aliphatic rings. The van der Waals surface area contributed by atoms with E-state index in [1.54, 1.807) is 0 Å². The smallest absolute Gasteiger partial charge is 0.321 e. The molecule has 0 aromatic heterocycles. The summed E-state index contributed by atoms with van der Waals surface area (Å²) in [6.07, 6.45) is 1.87. The highest BCUT2D eigenvalue weighted by atomic mass is 32.2. The molecule has 1 aliphatic carbocycles. The molecular formula is C12H12F2N2O2S. The van der Waals surface area contributed by atoms with Crippen molar-refractivity contribution in [2.24, 2.45) is 0 Å². The fourth-order valence-electron chi connectivity index (χ4n) is 1.33. The molecule has 102 valence electrons. The number of urea groups is 1. The van der Waals surface area contributed by atoms with Crippen molar-refractivity contribution in [1.82, 2.24) is 10.6 Å². The monoisotopic (exact) mass is 286 g/mol. The fraction of sp³-hybridized carbons (Fsp3) is 0.333. The fourth-order valence-corrected chi connectivity index (χ4v) is 2.05. The lowest BCUT2D eigenvalue weighted by molar-refractivity contribution is -0.117. The van der Waals surface area contributed by atoms with Crippen LogP contribution in [-0.4, -0.2) is 23.7 Å². The molecule has 0 spiro atoms. The number of thioether (sulfide) groups is 1. The first-order valence-corrected chi connectivity index (χ1v) is 6.71. The maximum absolute atomic E-state index is 12.9. The molecule has 0 bridgehead atoms.